The molecule has 0 radical (unpaired) electrons. The first-order valence-electron chi connectivity index (χ1n) is 6.78. The van der Waals surface area contributed by atoms with Crippen molar-refractivity contribution in [3.8, 4) is 0 Å². The average Bonchev–Trinajstić information content (AvgIpc) is 3.23. The summed E-state index contributed by atoms with van der Waals surface area (Å²) in [6, 6.07) is 8.01. The molecule has 0 unspecified atom stereocenters. The van der Waals surface area contributed by atoms with Crippen molar-refractivity contribution in [1.29, 1.82) is 0 Å². The van der Waals surface area contributed by atoms with Gasteiger partial charge in [0.05, 0.1) is 0 Å². The maximum Gasteiger partial charge on any atom is 0.321 e. The van der Waals surface area contributed by atoms with Gasteiger partial charge in [-0.15, -0.1) is 0 Å². The van der Waals surface area contributed by atoms with E-state index in [9.17, 15) is 4.79 Å². The van der Waals surface area contributed by atoms with Gasteiger partial charge in [-0.3, -0.25) is 4.90 Å². The molecule has 0 atom stereocenters. The van der Waals surface area contributed by atoms with Crippen LogP contribution in [0.1, 0.15) is 12.8 Å². The van der Waals surface area contributed by atoms with Crippen molar-refractivity contribution in [1.82, 2.24) is 9.80 Å². The topological polar surface area (TPSA) is 35.6 Å². The molecular weight excluding hydrogens is 262 g/mol. The highest BCUT2D eigenvalue weighted by atomic mass is 35.5. The molecule has 1 saturated carbocycles. The third-order valence-electron chi connectivity index (χ3n) is 3.74. The number of halogens is 1. The second kappa shape index (κ2) is 5.39. The second-order valence-electron chi connectivity index (χ2n) is 5.19. The third kappa shape index (κ3) is 3.19. The summed E-state index contributed by atoms with van der Waals surface area (Å²) in [5.41, 5.74) is 0.752. The second-order valence-corrected chi connectivity index (χ2v) is 5.63. The lowest BCUT2D eigenvalue weighted by Crippen LogP contribution is -2.50. The minimum absolute atomic E-state index is 0.0299. The fraction of sp³-hybridized carbons (Fsp3) is 0.500. The lowest BCUT2D eigenvalue weighted by atomic mass is 10.3. The molecule has 1 saturated heterocycles. The number of hydrogen-bond donors (Lipinski definition) is 1. The molecule has 1 heterocycles. The van der Waals surface area contributed by atoms with Crippen LogP contribution < -0.4 is 5.32 Å². The number of piperazine rings is 1. The van der Waals surface area contributed by atoms with Crippen LogP contribution in [0.15, 0.2) is 24.3 Å². The van der Waals surface area contributed by atoms with E-state index in [0.717, 1.165) is 37.9 Å². The number of amides is 2. The van der Waals surface area contributed by atoms with E-state index < -0.39 is 0 Å². The zero-order chi connectivity index (χ0) is 13.2. The number of carbonyl (C=O) groups is 1. The molecule has 2 amide bonds. The number of hydrogen-bond acceptors (Lipinski definition) is 2. The number of anilines is 1. The maximum absolute atomic E-state index is 12.1. The van der Waals surface area contributed by atoms with Gasteiger partial charge in [0, 0.05) is 42.9 Å². The number of nitrogens with zero attached hydrogens (tertiary/aromatic N) is 2. The number of carbonyl (C=O) groups excluding carboxylic acids is 1. The zero-order valence-electron chi connectivity index (χ0n) is 10.8. The Kier molecular flexibility index (Phi) is 3.62. The fourth-order valence-electron chi connectivity index (χ4n) is 2.50. The Hall–Kier alpha value is -1.26. The molecule has 19 heavy (non-hydrogen) atoms. The van der Waals surface area contributed by atoms with Gasteiger partial charge in [-0.1, -0.05) is 17.7 Å². The van der Waals surface area contributed by atoms with Crippen LogP contribution in [0, 0.1) is 0 Å². The molecule has 1 aliphatic carbocycles. The summed E-state index contributed by atoms with van der Waals surface area (Å²) >= 11 is 5.90. The van der Waals surface area contributed by atoms with Crippen LogP contribution in [0.5, 0.6) is 0 Å². The van der Waals surface area contributed by atoms with Gasteiger partial charge in [-0.25, -0.2) is 4.79 Å². The van der Waals surface area contributed by atoms with Crippen LogP contribution in [0.4, 0.5) is 10.5 Å². The molecule has 1 aromatic rings. The van der Waals surface area contributed by atoms with Crippen molar-refractivity contribution < 1.29 is 4.79 Å². The molecule has 5 heteroatoms. The molecule has 3 rings (SSSR count). The SMILES string of the molecule is O=C(Nc1cccc(Cl)c1)N1CCN(C2CC2)CC1. The van der Waals surface area contributed by atoms with Gasteiger partial charge >= 0.3 is 6.03 Å². The Morgan fingerprint density at radius 3 is 2.58 bits per heavy atom. The monoisotopic (exact) mass is 279 g/mol. The summed E-state index contributed by atoms with van der Waals surface area (Å²) in [5, 5.41) is 3.53. The van der Waals surface area contributed by atoms with Gasteiger partial charge < -0.3 is 10.2 Å². The van der Waals surface area contributed by atoms with E-state index in [-0.39, 0.29) is 6.03 Å². The summed E-state index contributed by atoms with van der Waals surface area (Å²) < 4.78 is 0. The molecule has 0 aromatic heterocycles. The van der Waals surface area contributed by atoms with Crippen LogP contribution in [0.25, 0.3) is 0 Å². The zero-order valence-corrected chi connectivity index (χ0v) is 11.6. The average molecular weight is 280 g/mol. The molecule has 1 aliphatic heterocycles. The normalized spacial score (nSPS) is 20.4. The van der Waals surface area contributed by atoms with E-state index in [1.807, 2.05) is 17.0 Å². The van der Waals surface area contributed by atoms with Crippen molar-refractivity contribution in [2.75, 3.05) is 31.5 Å². The number of urea groups is 1. The van der Waals surface area contributed by atoms with Gasteiger partial charge in [-0.05, 0) is 31.0 Å². The molecular formula is C14H18ClN3O. The van der Waals surface area contributed by atoms with Gasteiger partial charge in [0.15, 0.2) is 0 Å². The highest BCUT2D eigenvalue weighted by Crippen LogP contribution is 2.27. The lowest BCUT2D eigenvalue weighted by molar-refractivity contribution is 0.142. The number of rotatable bonds is 2. The summed E-state index contributed by atoms with van der Waals surface area (Å²) in [5.74, 6) is 0. The predicted molar refractivity (Wildman–Crippen MR) is 76.6 cm³/mol. The molecule has 0 bridgehead atoms. The Bertz CT molecular complexity index is 468. The van der Waals surface area contributed by atoms with Crippen LogP contribution in [-0.2, 0) is 0 Å². The van der Waals surface area contributed by atoms with E-state index in [4.69, 9.17) is 11.6 Å². The molecule has 4 nitrogen and oxygen atoms in total. The third-order valence-corrected chi connectivity index (χ3v) is 3.98. The summed E-state index contributed by atoms with van der Waals surface area (Å²) in [6.45, 7) is 3.60. The van der Waals surface area contributed by atoms with Gasteiger partial charge in [0.2, 0.25) is 0 Å². The Balaban J connectivity index is 1.53. The largest absolute Gasteiger partial charge is 0.322 e. The molecule has 2 aliphatic rings. The Morgan fingerprint density at radius 2 is 1.95 bits per heavy atom. The smallest absolute Gasteiger partial charge is 0.321 e. The molecule has 2 fully saturated rings. The van der Waals surface area contributed by atoms with Crippen molar-refractivity contribution >= 4 is 23.3 Å². The molecule has 1 N–H and O–H groups in total. The Labute approximate surface area is 118 Å². The maximum atomic E-state index is 12.1. The van der Waals surface area contributed by atoms with Crippen LogP contribution >= 0.6 is 11.6 Å². The minimum atomic E-state index is -0.0299. The lowest BCUT2D eigenvalue weighted by Gasteiger charge is -2.34. The highest BCUT2D eigenvalue weighted by molar-refractivity contribution is 6.30. The Morgan fingerprint density at radius 1 is 1.21 bits per heavy atom. The molecule has 1 aromatic carbocycles. The molecule has 102 valence electrons. The van der Waals surface area contributed by atoms with E-state index in [1.165, 1.54) is 12.8 Å². The number of nitrogens with one attached hydrogen (secondary N) is 1. The van der Waals surface area contributed by atoms with Gasteiger partial charge in [0.25, 0.3) is 0 Å². The summed E-state index contributed by atoms with van der Waals surface area (Å²) in [7, 11) is 0. The first-order valence-corrected chi connectivity index (χ1v) is 7.16. The summed E-state index contributed by atoms with van der Waals surface area (Å²) in [6.07, 6.45) is 2.66. The van der Waals surface area contributed by atoms with Crippen molar-refractivity contribution in [3.05, 3.63) is 29.3 Å². The summed E-state index contributed by atoms with van der Waals surface area (Å²) in [4.78, 5) is 16.5. The first-order chi connectivity index (χ1) is 9.22. The van der Waals surface area contributed by atoms with Crippen LogP contribution in [0.2, 0.25) is 5.02 Å². The fourth-order valence-corrected chi connectivity index (χ4v) is 2.69. The predicted octanol–water partition coefficient (Wildman–Crippen LogP) is 2.65. The van der Waals surface area contributed by atoms with Crippen LogP contribution in [0.3, 0.4) is 0 Å². The quantitative estimate of drug-likeness (QED) is 0.903. The highest BCUT2D eigenvalue weighted by Gasteiger charge is 2.32. The van der Waals surface area contributed by atoms with Gasteiger partial charge in [-0.2, -0.15) is 0 Å². The standard InChI is InChI=1S/C14H18ClN3O/c15-11-2-1-3-12(10-11)16-14(19)18-8-6-17(7-9-18)13-4-5-13/h1-3,10,13H,4-9H2,(H,16,19). The van der Waals surface area contributed by atoms with Crippen molar-refractivity contribution in [3.63, 3.8) is 0 Å². The van der Waals surface area contributed by atoms with E-state index in [0.29, 0.717) is 5.02 Å². The minimum Gasteiger partial charge on any atom is -0.322 e. The number of benzene rings is 1. The molecule has 0 spiro atoms. The van der Waals surface area contributed by atoms with Crippen LogP contribution in [-0.4, -0.2) is 48.1 Å². The van der Waals surface area contributed by atoms with Crippen molar-refractivity contribution in [2.24, 2.45) is 0 Å². The van der Waals surface area contributed by atoms with E-state index >= 15 is 0 Å². The van der Waals surface area contributed by atoms with E-state index in [2.05, 4.69) is 10.2 Å². The van der Waals surface area contributed by atoms with Gasteiger partial charge in [0.1, 0.15) is 0 Å². The van der Waals surface area contributed by atoms with E-state index in [1.54, 1.807) is 12.1 Å². The first kappa shape index (κ1) is 12.8. The van der Waals surface area contributed by atoms with Crippen molar-refractivity contribution in [2.45, 2.75) is 18.9 Å².